The highest BCUT2D eigenvalue weighted by molar-refractivity contribution is 5.79. The summed E-state index contributed by atoms with van der Waals surface area (Å²) in [4.78, 5) is 25.0. The quantitative estimate of drug-likeness (QED) is 0.350. The number of amides is 2. The maximum Gasteiger partial charge on any atom is 0.403 e. The molecular formula is C23H34F6N4O4. The lowest BCUT2D eigenvalue weighted by atomic mass is 9.91. The molecule has 0 aromatic carbocycles. The molecule has 4 N–H and O–H groups in total. The van der Waals surface area contributed by atoms with E-state index in [0.717, 1.165) is 0 Å². The van der Waals surface area contributed by atoms with Crippen molar-refractivity contribution in [1.29, 1.82) is 0 Å². The molecule has 0 aromatic rings. The van der Waals surface area contributed by atoms with Crippen molar-refractivity contribution in [3.05, 3.63) is 0 Å². The summed E-state index contributed by atoms with van der Waals surface area (Å²) in [6.45, 7) is -0.440. The number of carbonyl (C=O) groups is 2. The SMILES string of the molecule is O=C(COC1CCC(C(F)(F)F)NC1)NC12CCC(NC(=O)COC3CCC(C(F)(F)F)NC3)(CC1)C2. The predicted octanol–water partition coefficient (Wildman–Crippen LogP) is 2.07. The van der Waals surface area contributed by atoms with E-state index in [1.165, 1.54) is 0 Å². The first-order valence-electron chi connectivity index (χ1n) is 12.7. The van der Waals surface area contributed by atoms with Gasteiger partial charge < -0.3 is 30.7 Å². The Kier molecular flexibility index (Phi) is 8.32. The molecule has 4 fully saturated rings. The van der Waals surface area contributed by atoms with E-state index < -0.39 is 47.7 Å². The van der Waals surface area contributed by atoms with E-state index >= 15 is 0 Å². The molecule has 4 rings (SSSR count). The first-order chi connectivity index (χ1) is 17.3. The van der Waals surface area contributed by atoms with Crippen LogP contribution in [-0.4, -0.2) is 85.8 Å². The second-order valence-corrected chi connectivity index (χ2v) is 10.9. The summed E-state index contributed by atoms with van der Waals surface area (Å²) in [7, 11) is 0. The predicted molar refractivity (Wildman–Crippen MR) is 118 cm³/mol. The van der Waals surface area contributed by atoms with E-state index in [1.54, 1.807) is 0 Å². The Morgan fingerprint density at radius 3 is 1.38 bits per heavy atom. The summed E-state index contributed by atoms with van der Waals surface area (Å²) < 4.78 is 87.5. The average Bonchev–Trinajstić information content (AvgIpc) is 3.36. The molecule has 0 radical (unpaired) electrons. The summed E-state index contributed by atoms with van der Waals surface area (Å²) in [5.74, 6) is -0.681. The molecule has 14 heteroatoms. The van der Waals surface area contributed by atoms with Crippen LogP contribution in [0.1, 0.15) is 57.8 Å². The van der Waals surface area contributed by atoms with Crippen LogP contribution in [-0.2, 0) is 19.1 Å². The minimum atomic E-state index is -4.30. The summed E-state index contributed by atoms with van der Waals surface area (Å²) in [6, 6.07) is -3.10. The van der Waals surface area contributed by atoms with Crippen LogP contribution in [0.3, 0.4) is 0 Å². The van der Waals surface area contributed by atoms with Crippen molar-refractivity contribution in [1.82, 2.24) is 21.3 Å². The van der Waals surface area contributed by atoms with Crippen LogP contribution >= 0.6 is 0 Å². The molecule has 2 amide bonds. The third-order valence-electron chi connectivity index (χ3n) is 8.08. The van der Waals surface area contributed by atoms with Crippen LogP contribution in [0.4, 0.5) is 26.3 Å². The van der Waals surface area contributed by atoms with E-state index in [0.29, 0.717) is 32.1 Å². The van der Waals surface area contributed by atoms with Gasteiger partial charge in [-0.1, -0.05) is 0 Å². The third-order valence-corrected chi connectivity index (χ3v) is 8.08. The number of halogens is 6. The van der Waals surface area contributed by atoms with Gasteiger partial charge in [-0.25, -0.2) is 0 Å². The number of rotatable bonds is 8. The Labute approximate surface area is 210 Å². The van der Waals surface area contributed by atoms with Crippen LogP contribution in [0.15, 0.2) is 0 Å². The minimum Gasteiger partial charge on any atom is -0.367 e. The van der Waals surface area contributed by atoms with Gasteiger partial charge in [0.1, 0.15) is 25.3 Å². The van der Waals surface area contributed by atoms with Crippen molar-refractivity contribution >= 4 is 11.8 Å². The van der Waals surface area contributed by atoms with Gasteiger partial charge in [0.05, 0.1) is 12.2 Å². The topological polar surface area (TPSA) is 101 Å². The van der Waals surface area contributed by atoms with Gasteiger partial charge in [0, 0.05) is 24.2 Å². The van der Waals surface area contributed by atoms with Gasteiger partial charge in [0.2, 0.25) is 11.8 Å². The van der Waals surface area contributed by atoms with E-state index in [2.05, 4.69) is 21.3 Å². The molecule has 2 bridgehead atoms. The Morgan fingerprint density at radius 1 is 0.703 bits per heavy atom. The minimum absolute atomic E-state index is 0.0274. The zero-order valence-corrected chi connectivity index (χ0v) is 20.4. The highest BCUT2D eigenvalue weighted by atomic mass is 19.4. The Balaban J connectivity index is 1.14. The lowest BCUT2D eigenvalue weighted by Crippen LogP contribution is -2.51. The molecule has 4 atom stereocenters. The van der Waals surface area contributed by atoms with Crippen LogP contribution in [0, 0.1) is 0 Å². The Morgan fingerprint density at radius 2 is 1.08 bits per heavy atom. The number of hydrogen-bond donors (Lipinski definition) is 4. The maximum absolute atomic E-state index is 12.7. The summed E-state index contributed by atoms with van der Waals surface area (Å²) in [5, 5.41) is 10.8. The monoisotopic (exact) mass is 544 g/mol. The Hall–Kier alpha value is -1.64. The fourth-order valence-corrected chi connectivity index (χ4v) is 6.10. The third kappa shape index (κ3) is 7.27. The molecule has 0 aromatic heterocycles. The van der Waals surface area contributed by atoms with Crippen LogP contribution in [0.25, 0.3) is 0 Å². The molecule has 2 heterocycles. The molecule has 2 aliphatic carbocycles. The summed E-state index contributed by atoms with van der Waals surface area (Å²) >= 11 is 0. The fraction of sp³-hybridized carbons (Fsp3) is 0.913. The van der Waals surface area contributed by atoms with Gasteiger partial charge in [-0.05, 0) is 57.8 Å². The van der Waals surface area contributed by atoms with E-state index in [4.69, 9.17) is 9.47 Å². The van der Waals surface area contributed by atoms with Gasteiger partial charge in [-0.2, -0.15) is 26.3 Å². The molecule has 2 saturated heterocycles. The van der Waals surface area contributed by atoms with E-state index in [9.17, 15) is 35.9 Å². The molecule has 4 aliphatic rings. The number of carbonyl (C=O) groups excluding carboxylic acids is 2. The van der Waals surface area contributed by atoms with E-state index in [1.807, 2.05) is 0 Å². The lowest BCUT2D eigenvalue weighted by molar-refractivity contribution is -0.167. The molecule has 0 spiro atoms. The van der Waals surface area contributed by atoms with Gasteiger partial charge in [0.15, 0.2) is 0 Å². The second-order valence-electron chi connectivity index (χ2n) is 10.9. The first kappa shape index (κ1) is 28.4. The van der Waals surface area contributed by atoms with Crippen molar-refractivity contribution in [2.24, 2.45) is 0 Å². The highest BCUT2D eigenvalue weighted by Crippen LogP contribution is 2.50. The molecule has 4 unspecified atom stereocenters. The highest BCUT2D eigenvalue weighted by Gasteiger charge is 2.55. The van der Waals surface area contributed by atoms with Crippen molar-refractivity contribution in [3.8, 4) is 0 Å². The Bertz CT molecular complexity index is 749. The van der Waals surface area contributed by atoms with Crippen molar-refractivity contribution in [2.75, 3.05) is 26.3 Å². The molecule has 2 aliphatic heterocycles. The van der Waals surface area contributed by atoms with Gasteiger partial charge in [-0.3, -0.25) is 9.59 Å². The zero-order chi connectivity index (χ0) is 26.9. The average molecular weight is 545 g/mol. The number of fused-ring (bicyclic) bond motifs is 2. The van der Waals surface area contributed by atoms with Crippen molar-refractivity contribution < 1.29 is 45.4 Å². The molecule has 2 saturated carbocycles. The molecule has 8 nitrogen and oxygen atoms in total. The second kappa shape index (κ2) is 10.9. The number of piperidine rings is 2. The normalized spacial score (nSPS) is 36.4. The fourth-order valence-electron chi connectivity index (χ4n) is 6.10. The smallest absolute Gasteiger partial charge is 0.367 e. The lowest BCUT2D eigenvalue weighted by Gasteiger charge is -2.32. The maximum atomic E-state index is 12.7. The van der Waals surface area contributed by atoms with Crippen molar-refractivity contribution in [3.63, 3.8) is 0 Å². The number of alkyl halides is 6. The van der Waals surface area contributed by atoms with Crippen LogP contribution < -0.4 is 21.3 Å². The molecule has 212 valence electrons. The summed E-state index contributed by atoms with van der Waals surface area (Å²) in [6.07, 6.45) is -6.07. The largest absolute Gasteiger partial charge is 0.403 e. The first-order valence-corrected chi connectivity index (χ1v) is 12.7. The summed E-state index contributed by atoms with van der Waals surface area (Å²) in [5.41, 5.74) is -0.943. The number of hydrogen-bond acceptors (Lipinski definition) is 6. The molecular weight excluding hydrogens is 510 g/mol. The van der Waals surface area contributed by atoms with Crippen molar-refractivity contribution in [2.45, 2.75) is 106 Å². The van der Waals surface area contributed by atoms with Gasteiger partial charge in [-0.15, -0.1) is 0 Å². The standard InChI is InChI=1S/C23H34F6N4O4/c24-22(25,26)16-3-1-14(9-30-16)36-11-18(34)32-20-5-7-21(13-20,8-6-20)33-19(35)12-37-15-2-4-17(31-10-15)23(27,28)29/h14-17,30-31H,1-13H2,(H,32,34)(H,33,35). The zero-order valence-electron chi connectivity index (χ0n) is 20.4. The number of nitrogens with one attached hydrogen (secondary N) is 4. The molecule has 37 heavy (non-hydrogen) atoms. The van der Waals surface area contributed by atoms with Gasteiger partial charge >= 0.3 is 12.4 Å². The van der Waals surface area contributed by atoms with E-state index in [-0.39, 0.29) is 63.8 Å². The van der Waals surface area contributed by atoms with Gasteiger partial charge in [0.25, 0.3) is 0 Å². The van der Waals surface area contributed by atoms with Crippen LogP contribution in [0.2, 0.25) is 0 Å². The van der Waals surface area contributed by atoms with Crippen LogP contribution in [0.5, 0.6) is 0 Å². The number of ether oxygens (including phenoxy) is 2.